The molecule has 0 bridgehead atoms. The molecule has 1 atom stereocenters. The minimum Gasteiger partial charge on any atom is -0.445 e. The Hall–Kier alpha value is -3.10. The first-order valence-corrected chi connectivity index (χ1v) is 19.7. The van der Waals surface area contributed by atoms with Crippen molar-refractivity contribution in [3.8, 4) is 0 Å². The predicted octanol–water partition coefficient (Wildman–Crippen LogP) is 8.64. The van der Waals surface area contributed by atoms with Crippen LogP contribution in [0.15, 0.2) is 30.3 Å². The Bertz CT molecular complexity index is 975. The van der Waals surface area contributed by atoms with E-state index in [1.807, 2.05) is 30.3 Å². The number of amides is 4. The molecule has 0 fully saturated rings. The van der Waals surface area contributed by atoms with E-state index in [4.69, 9.17) is 4.74 Å². The molecule has 9 nitrogen and oxygen atoms in total. The summed E-state index contributed by atoms with van der Waals surface area (Å²) in [5.41, 5.74) is 0.870. The first-order valence-electron chi connectivity index (χ1n) is 19.7. The lowest BCUT2D eigenvalue weighted by atomic mass is 10.1. The van der Waals surface area contributed by atoms with Crippen molar-refractivity contribution >= 4 is 23.8 Å². The number of alkyl carbamates (subject to hydrolysis) is 1. The lowest BCUT2D eigenvalue weighted by Gasteiger charge is -2.19. The van der Waals surface area contributed by atoms with E-state index in [1.165, 1.54) is 96.3 Å². The fraction of sp³-hybridized carbons (Fsp3) is 0.750. The van der Waals surface area contributed by atoms with Gasteiger partial charge in [0.05, 0.1) is 0 Å². The second-order valence-electron chi connectivity index (χ2n) is 13.4. The van der Waals surface area contributed by atoms with Crippen LogP contribution in [0.5, 0.6) is 0 Å². The van der Waals surface area contributed by atoms with Crippen LogP contribution in [-0.4, -0.2) is 49.5 Å². The van der Waals surface area contributed by atoms with Crippen LogP contribution in [0.3, 0.4) is 0 Å². The third-order valence-corrected chi connectivity index (χ3v) is 8.83. The first kappa shape index (κ1) is 43.9. The average Bonchev–Trinajstić information content (AvgIpc) is 3.10. The zero-order valence-corrected chi connectivity index (χ0v) is 31.1. The number of benzene rings is 1. The zero-order valence-electron chi connectivity index (χ0n) is 31.1. The highest BCUT2D eigenvalue weighted by atomic mass is 16.5. The molecule has 1 aromatic carbocycles. The van der Waals surface area contributed by atoms with Crippen LogP contribution in [0, 0.1) is 0 Å². The molecule has 0 aliphatic heterocycles. The maximum atomic E-state index is 13.1. The van der Waals surface area contributed by atoms with Gasteiger partial charge in [0.2, 0.25) is 17.7 Å². The van der Waals surface area contributed by atoms with E-state index in [1.54, 1.807) is 0 Å². The molecule has 280 valence electrons. The minimum atomic E-state index is -0.816. The first-order chi connectivity index (χ1) is 24.0. The SMILES string of the molecule is CCCCCCCCCCCCNC(=O)CC[C@H](NC(=O)CCNC(=O)OCc1ccccc1)C(=O)NCCCCCCCCCCCC. The quantitative estimate of drug-likeness (QED) is 0.0565. The number of hydrogen-bond acceptors (Lipinski definition) is 5. The molecule has 1 rings (SSSR count). The molecule has 0 aromatic heterocycles. The lowest BCUT2D eigenvalue weighted by molar-refractivity contribution is -0.129. The van der Waals surface area contributed by atoms with Gasteiger partial charge in [0.15, 0.2) is 0 Å². The molecule has 9 heteroatoms. The van der Waals surface area contributed by atoms with Crippen molar-refractivity contribution in [3.63, 3.8) is 0 Å². The van der Waals surface area contributed by atoms with E-state index in [0.717, 1.165) is 37.7 Å². The standard InChI is InChI=1S/C40H70N4O5/c1-3-5-7-9-11-13-15-17-19-24-31-41-37(45)29-28-36(39(47)42-32-25-20-18-16-14-12-10-8-6-4-2)44-38(46)30-33-43-40(48)49-34-35-26-22-21-23-27-35/h21-23,26-27,36H,3-20,24-25,28-34H2,1-2H3,(H,41,45)(H,42,47)(H,43,48)(H,44,46)/t36-/m0/s1. The van der Waals surface area contributed by atoms with Crippen molar-refractivity contribution in [3.05, 3.63) is 35.9 Å². The van der Waals surface area contributed by atoms with E-state index < -0.39 is 12.1 Å². The van der Waals surface area contributed by atoms with E-state index in [0.29, 0.717) is 13.1 Å². The predicted molar refractivity (Wildman–Crippen MR) is 200 cm³/mol. The van der Waals surface area contributed by atoms with Crippen LogP contribution >= 0.6 is 0 Å². The molecule has 0 aliphatic rings. The molecule has 0 saturated carbocycles. The van der Waals surface area contributed by atoms with Gasteiger partial charge in [-0.1, -0.05) is 160 Å². The summed E-state index contributed by atoms with van der Waals surface area (Å²) in [6.45, 7) is 5.86. The van der Waals surface area contributed by atoms with Gasteiger partial charge in [-0.05, 0) is 24.8 Å². The van der Waals surface area contributed by atoms with Gasteiger partial charge in [-0.2, -0.15) is 0 Å². The summed E-state index contributed by atoms with van der Waals surface area (Å²) in [6.07, 6.45) is 24.3. The van der Waals surface area contributed by atoms with Crippen molar-refractivity contribution in [2.75, 3.05) is 19.6 Å². The highest BCUT2D eigenvalue weighted by Gasteiger charge is 2.21. The summed E-state index contributed by atoms with van der Waals surface area (Å²) < 4.78 is 5.19. The Morgan fingerprint density at radius 2 is 1.04 bits per heavy atom. The molecular formula is C40H70N4O5. The normalized spacial score (nSPS) is 11.5. The molecule has 0 aliphatic carbocycles. The molecular weight excluding hydrogens is 616 g/mol. The van der Waals surface area contributed by atoms with Gasteiger partial charge in [-0.25, -0.2) is 4.79 Å². The molecule has 1 aromatic rings. The maximum Gasteiger partial charge on any atom is 0.407 e. The highest BCUT2D eigenvalue weighted by molar-refractivity contribution is 5.88. The van der Waals surface area contributed by atoms with Gasteiger partial charge in [0.1, 0.15) is 12.6 Å². The van der Waals surface area contributed by atoms with Gasteiger partial charge in [0.25, 0.3) is 0 Å². The van der Waals surface area contributed by atoms with E-state index in [2.05, 4.69) is 35.1 Å². The Morgan fingerprint density at radius 3 is 1.57 bits per heavy atom. The summed E-state index contributed by atoms with van der Waals surface area (Å²) in [7, 11) is 0. The van der Waals surface area contributed by atoms with Crippen LogP contribution < -0.4 is 21.3 Å². The fourth-order valence-corrected chi connectivity index (χ4v) is 5.74. The van der Waals surface area contributed by atoms with Gasteiger partial charge in [0, 0.05) is 32.5 Å². The number of rotatable bonds is 32. The second kappa shape index (κ2) is 32.1. The summed E-state index contributed by atoms with van der Waals surface area (Å²) in [5.74, 6) is -0.754. The summed E-state index contributed by atoms with van der Waals surface area (Å²) in [5, 5.41) is 11.3. The van der Waals surface area contributed by atoms with Gasteiger partial charge in [-0.3, -0.25) is 14.4 Å². The second-order valence-corrected chi connectivity index (χ2v) is 13.4. The topological polar surface area (TPSA) is 126 Å². The third-order valence-electron chi connectivity index (χ3n) is 8.83. The number of hydrogen-bond donors (Lipinski definition) is 4. The Kier molecular flexibility index (Phi) is 28.8. The van der Waals surface area contributed by atoms with Gasteiger partial charge in [-0.15, -0.1) is 0 Å². The van der Waals surface area contributed by atoms with Gasteiger partial charge >= 0.3 is 6.09 Å². The summed E-state index contributed by atoms with van der Waals surface area (Å²) >= 11 is 0. The molecule has 4 N–H and O–H groups in total. The van der Waals surface area contributed by atoms with Crippen LogP contribution in [0.2, 0.25) is 0 Å². The van der Waals surface area contributed by atoms with E-state index in [9.17, 15) is 19.2 Å². The molecule has 0 heterocycles. The summed E-state index contributed by atoms with van der Waals surface area (Å²) in [4.78, 5) is 50.4. The molecule has 0 unspecified atom stereocenters. The molecule has 4 amide bonds. The van der Waals surface area contributed by atoms with Crippen molar-refractivity contribution < 1.29 is 23.9 Å². The Morgan fingerprint density at radius 1 is 0.551 bits per heavy atom. The van der Waals surface area contributed by atoms with Crippen LogP contribution in [-0.2, 0) is 25.7 Å². The third kappa shape index (κ3) is 27.4. The number of carbonyl (C=O) groups is 4. The van der Waals surface area contributed by atoms with Crippen molar-refractivity contribution in [2.45, 2.75) is 174 Å². The number of unbranched alkanes of at least 4 members (excludes halogenated alkanes) is 18. The van der Waals surface area contributed by atoms with E-state index >= 15 is 0 Å². The smallest absolute Gasteiger partial charge is 0.407 e. The van der Waals surface area contributed by atoms with Crippen LogP contribution in [0.4, 0.5) is 4.79 Å². The Labute approximate surface area is 298 Å². The van der Waals surface area contributed by atoms with Crippen molar-refractivity contribution in [2.24, 2.45) is 0 Å². The maximum absolute atomic E-state index is 13.1. The number of nitrogens with one attached hydrogen (secondary N) is 4. The number of ether oxygens (including phenoxy) is 1. The largest absolute Gasteiger partial charge is 0.445 e. The summed E-state index contributed by atoms with van der Waals surface area (Å²) in [6, 6.07) is 8.53. The molecule has 0 spiro atoms. The molecule has 0 radical (unpaired) electrons. The number of carbonyl (C=O) groups excluding carboxylic acids is 4. The van der Waals surface area contributed by atoms with Crippen molar-refractivity contribution in [1.82, 2.24) is 21.3 Å². The monoisotopic (exact) mass is 687 g/mol. The average molecular weight is 687 g/mol. The van der Waals surface area contributed by atoms with E-state index in [-0.39, 0.29) is 50.1 Å². The van der Waals surface area contributed by atoms with Crippen LogP contribution in [0.1, 0.15) is 167 Å². The van der Waals surface area contributed by atoms with Gasteiger partial charge < -0.3 is 26.0 Å². The molecule has 0 saturated heterocycles. The molecule has 49 heavy (non-hydrogen) atoms. The van der Waals surface area contributed by atoms with Crippen LogP contribution in [0.25, 0.3) is 0 Å². The highest BCUT2D eigenvalue weighted by Crippen LogP contribution is 2.12. The minimum absolute atomic E-state index is 0.00635. The Balaban J connectivity index is 2.37. The fourth-order valence-electron chi connectivity index (χ4n) is 5.74. The van der Waals surface area contributed by atoms with Crippen molar-refractivity contribution in [1.29, 1.82) is 0 Å². The zero-order chi connectivity index (χ0) is 35.6. The lowest BCUT2D eigenvalue weighted by Crippen LogP contribution is -2.48.